The molecule has 0 unspecified atom stereocenters. The second-order valence-corrected chi connectivity index (χ2v) is 9.07. The minimum atomic E-state index is -0.190. The van der Waals surface area contributed by atoms with Gasteiger partial charge in [0.2, 0.25) is 0 Å². The molecule has 2 aromatic rings. The summed E-state index contributed by atoms with van der Waals surface area (Å²) in [5.74, 6) is 1.62. The quantitative estimate of drug-likeness (QED) is 0.275. The average Bonchev–Trinajstić information content (AvgIpc) is 3.58. The number of nitrogens with zero attached hydrogens (tertiary/aromatic N) is 2. The van der Waals surface area contributed by atoms with Crippen molar-refractivity contribution < 1.29 is 39.1 Å². The Bertz CT molecular complexity index is 849. The van der Waals surface area contributed by atoms with E-state index in [1.165, 1.54) is 32.8 Å². The van der Waals surface area contributed by atoms with Gasteiger partial charge in [0.25, 0.3) is 0 Å². The van der Waals surface area contributed by atoms with Gasteiger partial charge in [0.05, 0.1) is 29.9 Å². The van der Waals surface area contributed by atoms with E-state index >= 15 is 0 Å². The van der Waals surface area contributed by atoms with Gasteiger partial charge >= 0.3 is 35.5 Å². The Labute approximate surface area is 213 Å². The van der Waals surface area contributed by atoms with E-state index in [9.17, 15) is 4.79 Å². The van der Waals surface area contributed by atoms with Gasteiger partial charge in [0.15, 0.2) is 0 Å². The molecule has 4 rings (SSSR count). The van der Waals surface area contributed by atoms with Gasteiger partial charge in [-0.2, -0.15) is 4.90 Å². The number of carbonyl (C=O) groups excluding carboxylic acids is 1. The molecule has 29 heavy (non-hydrogen) atoms. The van der Waals surface area contributed by atoms with Crippen LogP contribution in [0.15, 0.2) is 34.3 Å². The number of thioether (sulfide) groups is 1. The fraction of sp³-hybridized carbons (Fsp3) is 0.450. The predicted octanol–water partition coefficient (Wildman–Crippen LogP) is 2.79. The Morgan fingerprint density at radius 2 is 1.66 bits per heavy atom. The standard InChI is InChI=1S/C12H14ClNO2S.C8H8ClNS.Na/c1-16-10(15)5-7-17-9-4-6-14-12(11(9)13)8-2-3-8;9-7-6(11)3-4-10-8(7)5-1-2-5;/h4,6,8H,2-3,5,7H2,1H3;3-5H,1-2H2,(H,10,11);/q;;+1/p-1. The topological polar surface area (TPSA) is 52.1 Å². The second kappa shape index (κ2) is 12.1. The zero-order valence-corrected chi connectivity index (χ0v) is 21.6. The number of hydrogen-bond acceptors (Lipinski definition) is 6. The van der Waals surface area contributed by atoms with Gasteiger partial charge in [-0.25, -0.2) is 0 Å². The van der Waals surface area contributed by atoms with Crippen molar-refractivity contribution >= 4 is 53.6 Å². The SMILES string of the molecule is COC(=O)CCSc1ccnc(C2CC2)c1Cl.[Na+].[S-]c1ccnc(C2CC2)c1Cl. The summed E-state index contributed by atoms with van der Waals surface area (Å²) in [6, 6.07) is 3.67. The Balaban J connectivity index is 0.000000217. The number of aromatic nitrogens is 2. The van der Waals surface area contributed by atoms with Gasteiger partial charge in [-0.05, 0) is 31.7 Å². The van der Waals surface area contributed by atoms with Gasteiger partial charge in [-0.3, -0.25) is 14.8 Å². The molecule has 0 aromatic carbocycles. The maximum atomic E-state index is 11.0. The summed E-state index contributed by atoms with van der Waals surface area (Å²) in [7, 11) is 1.40. The molecule has 9 heteroatoms. The Kier molecular flexibility index (Phi) is 10.5. The summed E-state index contributed by atoms with van der Waals surface area (Å²) >= 11 is 18.8. The molecule has 0 saturated heterocycles. The molecular formula is C20H21Cl2N2NaO2S2. The molecule has 2 fully saturated rings. The van der Waals surface area contributed by atoms with Crippen molar-refractivity contribution in [2.75, 3.05) is 12.9 Å². The molecule has 2 aromatic heterocycles. The van der Waals surface area contributed by atoms with Crippen molar-refractivity contribution in [3.8, 4) is 0 Å². The van der Waals surface area contributed by atoms with E-state index < -0.39 is 0 Å². The normalized spacial score (nSPS) is 15.0. The zero-order valence-electron chi connectivity index (χ0n) is 16.5. The van der Waals surface area contributed by atoms with Crippen LogP contribution in [0.2, 0.25) is 10.0 Å². The molecule has 4 nitrogen and oxygen atoms in total. The number of halogens is 2. The number of pyridine rings is 2. The first-order valence-corrected chi connectivity index (χ1v) is 11.3. The number of carbonyl (C=O) groups is 1. The Morgan fingerprint density at radius 3 is 2.21 bits per heavy atom. The molecule has 2 aliphatic carbocycles. The molecule has 2 saturated carbocycles. The fourth-order valence-corrected chi connectivity index (χ4v) is 4.36. The maximum Gasteiger partial charge on any atom is 1.00 e. The zero-order chi connectivity index (χ0) is 20.1. The molecule has 0 amide bonds. The van der Waals surface area contributed by atoms with Crippen LogP contribution >= 0.6 is 35.0 Å². The van der Waals surface area contributed by atoms with Crippen LogP contribution in [0.1, 0.15) is 55.3 Å². The van der Waals surface area contributed by atoms with Crippen LogP contribution in [0.25, 0.3) is 0 Å². The van der Waals surface area contributed by atoms with Gasteiger partial charge in [-0.15, -0.1) is 11.8 Å². The van der Waals surface area contributed by atoms with E-state index in [4.69, 9.17) is 35.8 Å². The average molecular weight is 479 g/mol. The predicted molar refractivity (Wildman–Crippen MR) is 115 cm³/mol. The summed E-state index contributed by atoms with van der Waals surface area (Å²) in [4.78, 5) is 21.2. The minimum Gasteiger partial charge on any atom is -0.778 e. The number of hydrogen-bond donors (Lipinski definition) is 0. The first-order valence-electron chi connectivity index (χ1n) is 9.16. The van der Waals surface area contributed by atoms with E-state index in [2.05, 4.69) is 14.7 Å². The molecule has 0 aliphatic heterocycles. The van der Waals surface area contributed by atoms with Crippen LogP contribution in [0.4, 0.5) is 0 Å². The van der Waals surface area contributed by atoms with E-state index in [1.807, 2.05) is 6.07 Å². The van der Waals surface area contributed by atoms with Crippen LogP contribution in [-0.4, -0.2) is 28.8 Å². The molecule has 150 valence electrons. The molecule has 0 radical (unpaired) electrons. The number of methoxy groups -OCH3 is 1. The van der Waals surface area contributed by atoms with E-state index in [1.54, 1.807) is 30.2 Å². The summed E-state index contributed by atoms with van der Waals surface area (Å²) in [6.07, 6.45) is 8.73. The van der Waals surface area contributed by atoms with Crippen LogP contribution in [0.5, 0.6) is 0 Å². The molecule has 0 spiro atoms. The van der Waals surface area contributed by atoms with Crippen molar-refractivity contribution in [3.05, 3.63) is 46.0 Å². The second-order valence-electron chi connectivity index (χ2n) is 6.74. The third-order valence-electron chi connectivity index (χ3n) is 4.48. The Hall–Kier alpha value is -0.0800. The first-order chi connectivity index (χ1) is 13.5. The van der Waals surface area contributed by atoms with Crippen molar-refractivity contribution in [1.82, 2.24) is 9.97 Å². The third-order valence-corrected chi connectivity index (χ3v) is 6.90. The van der Waals surface area contributed by atoms with Crippen molar-refractivity contribution in [2.24, 2.45) is 0 Å². The van der Waals surface area contributed by atoms with Gasteiger partial charge in [0, 0.05) is 39.9 Å². The number of rotatable bonds is 6. The minimum absolute atomic E-state index is 0. The molecule has 0 N–H and O–H groups in total. The summed E-state index contributed by atoms with van der Waals surface area (Å²) in [5.41, 5.74) is 2.01. The first kappa shape index (κ1) is 25.2. The van der Waals surface area contributed by atoms with Crippen molar-refractivity contribution in [2.45, 2.75) is 53.7 Å². The van der Waals surface area contributed by atoms with E-state index in [0.717, 1.165) is 26.2 Å². The third kappa shape index (κ3) is 7.53. The molecule has 0 atom stereocenters. The van der Waals surface area contributed by atoms with Gasteiger partial charge < -0.3 is 17.4 Å². The number of esters is 1. The van der Waals surface area contributed by atoms with Crippen molar-refractivity contribution in [1.29, 1.82) is 0 Å². The van der Waals surface area contributed by atoms with Crippen LogP contribution in [0.3, 0.4) is 0 Å². The van der Waals surface area contributed by atoms with Crippen LogP contribution in [0, 0.1) is 0 Å². The van der Waals surface area contributed by atoms with Crippen LogP contribution < -0.4 is 29.6 Å². The molecule has 2 aliphatic rings. The summed E-state index contributed by atoms with van der Waals surface area (Å²) in [5, 5.41) is 1.44. The fourth-order valence-electron chi connectivity index (χ4n) is 2.62. The van der Waals surface area contributed by atoms with Gasteiger partial charge in [-0.1, -0.05) is 29.3 Å². The Morgan fingerprint density at radius 1 is 1.10 bits per heavy atom. The monoisotopic (exact) mass is 478 g/mol. The summed E-state index contributed by atoms with van der Waals surface area (Å²) < 4.78 is 4.59. The largest absolute Gasteiger partial charge is 1.00 e. The maximum absolute atomic E-state index is 11.0. The number of ether oxygens (including phenoxy) is 1. The van der Waals surface area contributed by atoms with Crippen LogP contribution in [-0.2, 0) is 22.2 Å². The molecule has 0 bridgehead atoms. The van der Waals surface area contributed by atoms with E-state index in [0.29, 0.717) is 29.0 Å². The molecule has 2 heterocycles. The van der Waals surface area contributed by atoms with Crippen molar-refractivity contribution in [3.63, 3.8) is 0 Å². The summed E-state index contributed by atoms with van der Waals surface area (Å²) in [6.45, 7) is 0. The molecular weight excluding hydrogens is 458 g/mol. The smallest absolute Gasteiger partial charge is 0.778 e. The van der Waals surface area contributed by atoms with Gasteiger partial charge in [0.1, 0.15) is 0 Å². The van der Waals surface area contributed by atoms with E-state index in [-0.39, 0.29) is 35.5 Å².